The van der Waals surface area contributed by atoms with Crippen LogP contribution in [-0.2, 0) is 4.74 Å². The molecule has 106 valence electrons. The molecule has 0 heterocycles. The second-order valence-electron chi connectivity index (χ2n) is 5.32. The summed E-state index contributed by atoms with van der Waals surface area (Å²) < 4.78 is 6.33. The van der Waals surface area contributed by atoms with Gasteiger partial charge in [-0.25, -0.2) is 0 Å². The summed E-state index contributed by atoms with van der Waals surface area (Å²) in [6.45, 7) is 0.806. The lowest BCUT2D eigenvalue weighted by Gasteiger charge is -2.25. The number of likely N-dealkylation sites (N-methyl/N-ethyl adjacent to an activating group) is 1. The molecule has 19 heavy (non-hydrogen) atoms. The Balaban J connectivity index is 2.05. The predicted molar refractivity (Wildman–Crippen MR) is 80.7 cm³/mol. The molecule has 1 aliphatic carbocycles. The molecule has 1 fully saturated rings. The van der Waals surface area contributed by atoms with Crippen LogP contribution in [0.3, 0.4) is 0 Å². The van der Waals surface area contributed by atoms with Crippen molar-refractivity contribution in [1.82, 2.24) is 5.32 Å². The Morgan fingerprint density at radius 3 is 2.53 bits per heavy atom. The maximum atomic E-state index is 6.33. The van der Waals surface area contributed by atoms with Crippen LogP contribution in [-0.4, -0.2) is 19.7 Å². The van der Waals surface area contributed by atoms with Crippen LogP contribution in [0.25, 0.3) is 0 Å². The summed E-state index contributed by atoms with van der Waals surface area (Å²) in [6.07, 6.45) is 8.10. The summed E-state index contributed by atoms with van der Waals surface area (Å²) in [5.74, 6) is 0. The van der Waals surface area contributed by atoms with Crippen molar-refractivity contribution in [2.24, 2.45) is 0 Å². The van der Waals surface area contributed by atoms with Gasteiger partial charge in [-0.2, -0.15) is 0 Å². The van der Waals surface area contributed by atoms with E-state index in [9.17, 15) is 0 Å². The summed E-state index contributed by atoms with van der Waals surface area (Å²) in [5.41, 5.74) is 1.10. The van der Waals surface area contributed by atoms with E-state index in [1.165, 1.54) is 38.5 Å². The van der Waals surface area contributed by atoms with Crippen LogP contribution in [0, 0.1) is 0 Å². The van der Waals surface area contributed by atoms with Crippen LogP contribution in [0.5, 0.6) is 0 Å². The number of halogens is 1. The molecule has 1 atom stereocenters. The molecule has 0 aromatic heterocycles. The SMILES string of the molecule is CNCC(OC1CCCCCC1)c1ccccc1Cl. The Bertz CT molecular complexity index is 375. The highest BCUT2D eigenvalue weighted by Crippen LogP contribution is 2.29. The summed E-state index contributed by atoms with van der Waals surface area (Å²) in [4.78, 5) is 0. The third kappa shape index (κ3) is 4.48. The molecule has 2 rings (SSSR count). The second-order valence-corrected chi connectivity index (χ2v) is 5.72. The van der Waals surface area contributed by atoms with E-state index in [4.69, 9.17) is 16.3 Å². The van der Waals surface area contributed by atoms with Crippen LogP contribution in [0.2, 0.25) is 5.02 Å². The van der Waals surface area contributed by atoms with E-state index in [0.29, 0.717) is 6.10 Å². The second kappa shape index (κ2) is 7.88. The Labute approximate surface area is 121 Å². The van der Waals surface area contributed by atoms with Gasteiger partial charge >= 0.3 is 0 Å². The molecule has 0 amide bonds. The predicted octanol–water partition coefficient (Wildman–Crippen LogP) is 4.34. The van der Waals surface area contributed by atoms with E-state index in [2.05, 4.69) is 11.4 Å². The van der Waals surface area contributed by atoms with Gasteiger partial charge in [-0.1, -0.05) is 55.5 Å². The fourth-order valence-corrected chi connectivity index (χ4v) is 3.02. The number of ether oxygens (including phenoxy) is 1. The van der Waals surface area contributed by atoms with E-state index < -0.39 is 0 Å². The first-order chi connectivity index (χ1) is 9.31. The molecule has 0 spiro atoms. The summed E-state index contributed by atoms with van der Waals surface area (Å²) in [5, 5.41) is 4.02. The van der Waals surface area contributed by atoms with Gasteiger partial charge in [0.15, 0.2) is 0 Å². The van der Waals surface area contributed by atoms with Gasteiger partial charge in [0.1, 0.15) is 0 Å². The fourth-order valence-electron chi connectivity index (χ4n) is 2.76. The molecule has 1 saturated carbocycles. The minimum atomic E-state index is 0.0572. The van der Waals surface area contributed by atoms with Crippen molar-refractivity contribution in [3.8, 4) is 0 Å². The lowest BCUT2D eigenvalue weighted by atomic mass is 10.1. The van der Waals surface area contributed by atoms with Crippen LogP contribution < -0.4 is 5.32 Å². The molecule has 0 aliphatic heterocycles. The topological polar surface area (TPSA) is 21.3 Å². The van der Waals surface area contributed by atoms with Crippen LogP contribution in [0.1, 0.15) is 50.2 Å². The van der Waals surface area contributed by atoms with Crippen LogP contribution >= 0.6 is 11.6 Å². The molecular weight excluding hydrogens is 258 g/mol. The highest BCUT2D eigenvalue weighted by Gasteiger charge is 2.20. The van der Waals surface area contributed by atoms with Crippen molar-refractivity contribution in [1.29, 1.82) is 0 Å². The molecule has 0 saturated heterocycles. The van der Waals surface area contributed by atoms with Gasteiger partial charge in [0, 0.05) is 17.1 Å². The first-order valence-electron chi connectivity index (χ1n) is 7.35. The van der Waals surface area contributed by atoms with E-state index in [1.807, 2.05) is 25.2 Å². The van der Waals surface area contributed by atoms with Gasteiger partial charge in [0.2, 0.25) is 0 Å². The number of nitrogens with one attached hydrogen (secondary N) is 1. The normalized spacial score (nSPS) is 19.1. The first-order valence-corrected chi connectivity index (χ1v) is 7.73. The monoisotopic (exact) mass is 281 g/mol. The molecule has 1 aromatic rings. The molecule has 1 N–H and O–H groups in total. The average molecular weight is 282 g/mol. The first kappa shape index (κ1) is 14.8. The van der Waals surface area contributed by atoms with E-state index in [1.54, 1.807) is 0 Å². The van der Waals surface area contributed by atoms with Crippen LogP contribution in [0.4, 0.5) is 0 Å². The van der Waals surface area contributed by atoms with Gasteiger partial charge in [-0.15, -0.1) is 0 Å². The summed E-state index contributed by atoms with van der Waals surface area (Å²) >= 11 is 6.30. The van der Waals surface area contributed by atoms with Crippen molar-refractivity contribution in [2.45, 2.75) is 50.7 Å². The van der Waals surface area contributed by atoms with Crippen molar-refractivity contribution in [3.63, 3.8) is 0 Å². The highest BCUT2D eigenvalue weighted by atomic mass is 35.5. The number of hydrogen-bond acceptors (Lipinski definition) is 2. The smallest absolute Gasteiger partial charge is 0.0967 e. The molecule has 3 heteroatoms. The van der Waals surface area contributed by atoms with Gasteiger partial charge < -0.3 is 10.1 Å². The molecule has 0 radical (unpaired) electrons. The minimum Gasteiger partial charge on any atom is -0.369 e. The summed E-state index contributed by atoms with van der Waals surface area (Å²) in [6, 6.07) is 8.01. The van der Waals surface area contributed by atoms with E-state index >= 15 is 0 Å². The zero-order valence-electron chi connectivity index (χ0n) is 11.7. The van der Waals surface area contributed by atoms with Gasteiger partial charge in [-0.05, 0) is 26.0 Å². The Hall–Kier alpha value is -0.570. The Kier molecular flexibility index (Phi) is 6.15. The highest BCUT2D eigenvalue weighted by molar-refractivity contribution is 6.31. The average Bonchev–Trinajstić information content (AvgIpc) is 2.67. The molecule has 2 nitrogen and oxygen atoms in total. The van der Waals surface area contributed by atoms with Crippen molar-refractivity contribution in [2.75, 3.05) is 13.6 Å². The molecular formula is C16H24ClNO. The van der Waals surface area contributed by atoms with E-state index in [-0.39, 0.29) is 6.10 Å². The zero-order valence-corrected chi connectivity index (χ0v) is 12.5. The number of hydrogen-bond donors (Lipinski definition) is 1. The Morgan fingerprint density at radius 2 is 1.89 bits per heavy atom. The largest absolute Gasteiger partial charge is 0.369 e. The maximum Gasteiger partial charge on any atom is 0.0967 e. The number of rotatable bonds is 5. The maximum absolute atomic E-state index is 6.33. The fraction of sp³-hybridized carbons (Fsp3) is 0.625. The third-order valence-corrected chi connectivity index (χ3v) is 4.14. The van der Waals surface area contributed by atoms with Gasteiger partial charge in [0.25, 0.3) is 0 Å². The van der Waals surface area contributed by atoms with Gasteiger partial charge in [0.05, 0.1) is 12.2 Å². The Morgan fingerprint density at radius 1 is 1.21 bits per heavy atom. The summed E-state index contributed by atoms with van der Waals surface area (Å²) in [7, 11) is 1.96. The number of benzene rings is 1. The molecule has 1 aromatic carbocycles. The van der Waals surface area contributed by atoms with E-state index in [0.717, 1.165) is 17.1 Å². The third-order valence-electron chi connectivity index (χ3n) is 3.80. The van der Waals surface area contributed by atoms with Crippen molar-refractivity contribution < 1.29 is 4.74 Å². The minimum absolute atomic E-state index is 0.0572. The zero-order chi connectivity index (χ0) is 13.5. The standard InChI is InChI=1S/C16H24ClNO/c1-18-12-16(14-10-6-7-11-15(14)17)19-13-8-4-2-3-5-9-13/h6-7,10-11,13,16,18H,2-5,8-9,12H2,1H3. The molecule has 1 unspecified atom stereocenters. The lowest BCUT2D eigenvalue weighted by Crippen LogP contribution is -2.25. The molecule has 0 bridgehead atoms. The lowest BCUT2D eigenvalue weighted by molar-refractivity contribution is -0.0192. The van der Waals surface area contributed by atoms with Crippen LogP contribution in [0.15, 0.2) is 24.3 Å². The quantitative estimate of drug-likeness (QED) is 0.811. The molecule has 1 aliphatic rings. The van der Waals surface area contributed by atoms with Gasteiger partial charge in [-0.3, -0.25) is 0 Å². The van der Waals surface area contributed by atoms with Crippen molar-refractivity contribution in [3.05, 3.63) is 34.9 Å². The van der Waals surface area contributed by atoms with Crippen molar-refractivity contribution >= 4 is 11.6 Å².